The van der Waals surface area contributed by atoms with Crippen molar-refractivity contribution in [1.29, 1.82) is 0 Å². The molecule has 2 aromatic rings. The second-order valence-corrected chi connectivity index (χ2v) is 4.15. The molecule has 1 aromatic carbocycles. The van der Waals surface area contributed by atoms with E-state index in [1.54, 1.807) is 0 Å². The maximum Gasteiger partial charge on any atom is 0.138 e. The zero-order valence-corrected chi connectivity index (χ0v) is 9.33. The number of imidazole rings is 1. The molecule has 1 fully saturated rings. The van der Waals surface area contributed by atoms with E-state index < -0.39 is 0 Å². The Morgan fingerprint density at radius 3 is 3.12 bits per heavy atom. The number of ether oxygens (including phenoxy) is 2. The molecule has 0 saturated carbocycles. The molecule has 2 heterocycles. The fourth-order valence-corrected chi connectivity index (χ4v) is 1.97. The number of hydrogen-bond donors (Lipinski definition) is 1. The molecule has 0 aliphatic carbocycles. The number of rotatable bonds is 1. The van der Waals surface area contributed by atoms with Crippen LogP contribution < -0.4 is 0 Å². The van der Waals surface area contributed by atoms with Crippen LogP contribution in [0.4, 0.5) is 0 Å². The van der Waals surface area contributed by atoms with Crippen molar-refractivity contribution in [2.75, 3.05) is 19.8 Å². The summed E-state index contributed by atoms with van der Waals surface area (Å²) in [4.78, 5) is 7.66. The minimum absolute atomic E-state index is 0.0973. The molecule has 16 heavy (non-hydrogen) atoms. The van der Waals surface area contributed by atoms with Gasteiger partial charge < -0.3 is 14.5 Å². The number of fused-ring (bicyclic) bond motifs is 1. The molecule has 1 saturated heterocycles. The van der Waals surface area contributed by atoms with Gasteiger partial charge in [-0.3, -0.25) is 0 Å². The van der Waals surface area contributed by atoms with E-state index in [-0.39, 0.29) is 6.10 Å². The number of aromatic nitrogens is 2. The van der Waals surface area contributed by atoms with Gasteiger partial charge in [-0.1, -0.05) is 11.6 Å². The second kappa shape index (κ2) is 4.05. The number of hydrogen-bond acceptors (Lipinski definition) is 3. The molecule has 1 N–H and O–H groups in total. The Morgan fingerprint density at radius 1 is 1.38 bits per heavy atom. The van der Waals surface area contributed by atoms with Gasteiger partial charge in [-0.25, -0.2) is 4.98 Å². The summed E-state index contributed by atoms with van der Waals surface area (Å²) in [6, 6.07) is 5.57. The van der Waals surface area contributed by atoms with Crippen molar-refractivity contribution in [1.82, 2.24) is 9.97 Å². The van der Waals surface area contributed by atoms with E-state index in [0.717, 1.165) is 16.9 Å². The highest BCUT2D eigenvalue weighted by Crippen LogP contribution is 2.23. The normalized spacial score (nSPS) is 21.4. The molecule has 4 nitrogen and oxygen atoms in total. The van der Waals surface area contributed by atoms with Crippen molar-refractivity contribution in [3.05, 3.63) is 29.0 Å². The summed E-state index contributed by atoms with van der Waals surface area (Å²) < 4.78 is 10.9. The van der Waals surface area contributed by atoms with Gasteiger partial charge in [0, 0.05) is 5.02 Å². The standard InChI is InChI=1S/C11H11ClN2O2/c12-7-1-2-8-9(5-7)14-11(13-8)10-6-15-3-4-16-10/h1-2,5,10H,3-4,6H2,(H,13,14). The molecule has 1 unspecified atom stereocenters. The quantitative estimate of drug-likeness (QED) is 0.829. The van der Waals surface area contributed by atoms with Crippen LogP contribution in [0.25, 0.3) is 11.0 Å². The minimum atomic E-state index is -0.0973. The summed E-state index contributed by atoms with van der Waals surface area (Å²) in [6.45, 7) is 1.82. The van der Waals surface area contributed by atoms with Crippen molar-refractivity contribution in [2.45, 2.75) is 6.10 Å². The average Bonchev–Trinajstić information content (AvgIpc) is 2.73. The molecule has 1 aromatic heterocycles. The summed E-state index contributed by atoms with van der Waals surface area (Å²) in [5.41, 5.74) is 1.82. The predicted molar refractivity (Wildman–Crippen MR) is 60.6 cm³/mol. The summed E-state index contributed by atoms with van der Waals surface area (Å²) >= 11 is 5.91. The monoisotopic (exact) mass is 238 g/mol. The summed E-state index contributed by atoms with van der Waals surface area (Å²) in [5.74, 6) is 0.803. The number of nitrogens with zero attached hydrogens (tertiary/aromatic N) is 1. The second-order valence-electron chi connectivity index (χ2n) is 3.72. The summed E-state index contributed by atoms with van der Waals surface area (Å²) in [5, 5.41) is 0.698. The number of aromatic amines is 1. The predicted octanol–water partition coefficient (Wildman–Crippen LogP) is 2.30. The van der Waals surface area contributed by atoms with E-state index in [1.165, 1.54) is 0 Å². The first-order valence-electron chi connectivity index (χ1n) is 5.17. The third-order valence-electron chi connectivity index (χ3n) is 2.58. The van der Waals surface area contributed by atoms with Gasteiger partial charge in [0.1, 0.15) is 11.9 Å². The first-order valence-corrected chi connectivity index (χ1v) is 5.55. The molecule has 0 bridgehead atoms. The maximum atomic E-state index is 5.91. The van der Waals surface area contributed by atoms with Crippen LogP contribution >= 0.6 is 11.6 Å². The van der Waals surface area contributed by atoms with E-state index >= 15 is 0 Å². The van der Waals surface area contributed by atoms with Gasteiger partial charge >= 0.3 is 0 Å². The Hall–Kier alpha value is -1.10. The molecule has 1 atom stereocenters. The van der Waals surface area contributed by atoms with Crippen molar-refractivity contribution in [3.8, 4) is 0 Å². The number of benzene rings is 1. The first kappa shape index (κ1) is 10.1. The Kier molecular flexibility index (Phi) is 2.55. The Bertz CT molecular complexity index is 506. The molecular weight excluding hydrogens is 228 g/mol. The smallest absolute Gasteiger partial charge is 0.138 e. The highest BCUT2D eigenvalue weighted by Gasteiger charge is 2.19. The average molecular weight is 239 g/mol. The molecule has 0 amide bonds. The molecule has 84 valence electrons. The van der Waals surface area contributed by atoms with Gasteiger partial charge in [0.25, 0.3) is 0 Å². The van der Waals surface area contributed by atoms with Crippen LogP contribution in [-0.4, -0.2) is 29.8 Å². The molecule has 1 aliphatic rings. The first-order chi connectivity index (χ1) is 7.83. The van der Waals surface area contributed by atoms with Gasteiger partial charge in [-0.05, 0) is 18.2 Å². The van der Waals surface area contributed by atoms with Gasteiger partial charge in [-0.15, -0.1) is 0 Å². The number of H-pyrrole nitrogens is 1. The topological polar surface area (TPSA) is 47.1 Å². The van der Waals surface area contributed by atoms with Crippen molar-refractivity contribution >= 4 is 22.6 Å². The molecule has 5 heteroatoms. The molecule has 3 rings (SSSR count). The van der Waals surface area contributed by atoms with Crippen molar-refractivity contribution in [2.24, 2.45) is 0 Å². The van der Waals surface area contributed by atoms with Gasteiger partial charge in [0.2, 0.25) is 0 Å². The SMILES string of the molecule is Clc1ccc2nc(C3COCCO3)[nH]c2c1. The fourth-order valence-electron chi connectivity index (χ4n) is 1.80. The number of nitrogens with one attached hydrogen (secondary N) is 1. The zero-order chi connectivity index (χ0) is 11.0. The van der Waals surface area contributed by atoms with Crippen LogP contribution in [0.2, 0.25) is 5.02 Å². The van der Waals surface area contributed by atoms with E-state index in [2.05, 4.69) is 9.97 Å². The third kappa shape index (κ3) is 1.80. The Labute approximate surface area is 97.5 Å². The van der Waals surface area contributed by atoms with E-state index in [0.29, 0.717) is 24.8 Å². The highest BCUT2D eigenvalue weighted by molar-refractivity contribution is 6.31. The summed E-state index contributed by atoms with van der Waals surface area (Å²) in [6.07, 6.45) is -0.0973. The van der Waals surface area contributed by atoms with E-state index in [9.17, 15) is 0 Å². The van der Waals surface area contributed by atoms with Crippen LogP contribution in [0, 0.1) is 0 Å². The minimum Gasteiger partial charge on any atom is -0.376 e. The van der Waals surface area contributed by atoms with Crippen molar-refractivity contribution in [3.63, 3.8) is 0 Å². The van der Waals surface area contributed by atoms with Crippen LogP contribution in [-0.2, 0) is 9.47 Å². The highest BCUT2D eigenvalue weighted by atomic mass is 35.5. The van der Waals surface area contributed by atoms with Gasteiger partial charge in [0.05, 0.1) is 30.9 Å². The van der Waals surface area contributed by atoms with Crippen LogP contribution in [0.1, 0.15) is 11.9 Å². The van der Waals surface area contributed by atoms with Crippen LogP contribution in [0.15, 0.2) is 18.2 Å². The lowest BCUT2D eigenvalue weighted by molar-refractivity contribution is -0.0931. The molecule has 0 spiro atoms. The Balaban J connectivity index is 1.97. The van der Waals surface area contributed by atoms with Crippen LogP contribution in [0.5, 0.6) is 0 Å². The lowest BCUT2D eigenvalue weighted by Crippen LogP contribution is -2.22. The van der Waals surface area contributed by atoms with Crippen LogP contribution in [0.3, 0.4) is 0 Å². The fraction of sp³-hybridized carbons (Fsp3) is 0.364. The molecule has 0 radical (unpaired) electrons. The summed E-state index contributed by atoms with van der Waals surface area (Å²) in [7, 11) is 0. The largest absolute Gasteiger partial charge is 0.376 e. The molecular formula is C11H11ClN2O2. The third-order valence-corrected chi connectivity index (χ3v) is 2.82. The lowest BCUT2D eigenvalue weighted by Gasteiger charge is -2.20. The lowest BCUT2D eigenvalue weighted by atomic mass is 10.3. The zero-order valence-electron chi connectivity index (χ0n) is 8.57. The van der Waals surface area contributed by atoms with Crippen molar-refractivity contribution < 1.29 is 9.47 Å². The van der Waals surface area contributed by atoms with E-state index in [1.807, 2.05) is 18.2 Å². The van der Waals surface area contributed by atoms with E-state index in [4.69, 9.17) is 21.1 Å². The molecule has 1 aliphatic heterocycles. The van der Waals surface area contributed by atoms with Gasteiger partial charge in [-0.2, -0.15) is 0 Å². The Morgan fingerprint density at radius 2 is 2.31 bits per heavy atom. The van der Waals surface area contributed by atoms with Gasteiger partial charge in [0.15, 0.2) is 0 Å². The number of halogens is 1. The maximum absolute atomic E-state index is 5.91.